The van der Waals surface area contributed by atoms with Gasteiger partial charge in [-0.3, -0.25) is 4.98 Å². The molecule has 3 aromatic heterocycles. The summed E-state index contributed by atoms with van der Waals surface area (Å²) in [6.07, 6.45) is 3.86. The Balaban J connectivity index is 1.54. The van der Waals surface area contributed by atoms with E-state index in [4.69, 9.17) is 19.7 Å². The van der Waals surface area contributed by atoms with Gasteiger partial charge in [0.1, 0.15) is 5.52 Å². The van der Waals surface area contributed by atoms with Crippen molar-refractivity contribution < 1.29 is 4.74 Å². The van der Waals surface area contributed by atoms with Crippen LogP contribution < -0.4 is 4.90 Å². The van der Waals surface area contributed by atoms with E-state index >= 15 is 0 Å². The fraction of sp³-hybridized carbons (Fsp3) is 0.375. The van der Waals surface area contributed by atoms with Gasteiger partial charge < -0.3 is 14.5 Å². The molecule has 1 aliphatic heterocycles. The molecule has 0 bridgehead atoms. The second-order valence-corrected chi connectivity index (χ2v) is 8.70. The van der Waals surface area contributed by atoms with Crippen molar-refractivity contribution in [3.8, 4) is 11.4 Å². The van der Waals surface area contributed by atoms with Gasteiger partial charge in [0.05, 0.1) is 37.2 Å². The summed E-state index contributed by atoms with van der Waals surface area (Å²) in [7, 11) is 4.04. The van der Waals surface area contributed by atoms with E-state index < -0.39 is 0 Å². The molecule has 1 saturated heterocycles. The number of aryl methyl sites for hydroxylation is 1. The monoisotopic (exact) mass is 444 g/mol. The quantitative estimate of drug-likeness (QED) is 0.449. The second-order valence-electron chi connectivity index (χ2n) is 8.70. The first-order valence-corrected chi connectivity index (χ1v) is 11.2. The van der Waals surface area contributed by atoms with Gasteiger partial charge in [-0.05, 0) is 38.7 Å². The largest absolute Gasteiger partial charge is 0.378 e. The molecular formula is C24H28N8O. The lowest BCUT2D eigenvalue weighted by Gasteiger charge is -2.28. The molecule has 0 radical (unpaired) electrons. The SMILES string of the molecule is Cc1cccc(-c2nc(N3CCOCC3)c3ncc(Cn4cc(CN(C)C)nn4)cc3n2)c1. The summed E-state index contributed by atoms with van der Waals surface area (Å²) in [6.45, 7) is 6.37. The Morgan fingerprint density at radius 1 is 1.09 bits per heavy atom. The topological polar surface area (TPSA) is 85.1 Å². The Kier molecular flexibility index (Phi) is 5.97. The van der Waals surface area contributed by atoms with Gasteiger partial charge >= 0.3 is 0 Å². The van der Waals surface area contributed by atoms with E-state index in [0.717, 1.165) is 53.3 Å². The number of pyridine rings is 1. The molecule has 170 valence electrons. The first kappa shape index (κ1) is 21.4. The number of rotatable bonds is 6. The number of morpholine rings is 1. The maximum Gasteiger partial charge on any atom is 0.162 e. The zero-order valence-corrected chi connectivity index (χ0v) is 19.3. The number of fused-ring (bicyclic) bond motifs is 1. The Bertz CT molecular complexity index is 1260. The highest BCUT2D eigenvalue weighted by Gasteiger charge is 2.19. The van der Waals surface area contributed by atoms with Crippen molar-refractivity contribution >= 4 is 16.9 Å². The molecule has 9 nitrogen and oxygen atoms in total. The van der Waals surface area contributed by atoms with Gasteiger partial charge in [0.25, 0.3) is 0 Å². The number of hydrogen-bond acceptors (Lipinski definition) is 8. The van der Waals surface area contributed by atoms with Gasteiger partial charge in [0.15, 0.2) is 11.6 Å². The standard InChI is InChI=1S/C24H28N8O/c1-17-5-4-6-19(11-17)23-26-21-12-18(14-32-16-20(28-29-32)15-30(2)3)13-25-22(21)24(27-23)31-7-9-33-10-8-31/h4-6,11-13,16H,7-10,14-15H2,1-3H3. The maximum atomic E-state index is 5.55. The molecule has 1 fully saturated rings. The van der Waals surface area contributed by atoms with Crippen molar-refractivity contribution in [2.24, 2.45) is 0 Å². The number of benzene rings is 1. The molecule has 1 aromatic carbocycles. The molecule has 0 atom stereocenters. The molecule has 4 heterocycles. The molecule has 33 heavy (non-hydrogen) atoms. The molecular weight excluding hydrogens is 416 g/mol. The minimum atomic E-state index is 0.583. The zero-order valence-electron chi connectivity index (χ0n) is 19.3. The maximum absolute atomic E-state index is 5.55. The second kappa shape index (κ2) is 9.21. The van der Waals surface area contributed by atoms with Crippen molar-refractivity contribution in [1.29, 1.82) is 0 Å². The van der Waals surface area contributed by atoms with Gasteiger partial charge in [-0.25, -0.2) is 14.6 Å². The Morgan fingerprint density at radius 3 is 2.73 bits per heavy atom. The third kappa shape index (κ3) is 4.84. The van der Waals surface area contributed by atoms with E-state index in [1.54, 1.807) is 0 Å². The molecule has 1 aliphatic rings. The fourth-order valence-corrected chi connectivity index (χ4v) is 4.04. The fourth-order valence-electron chi connectivity index (χ4n) is 4.04. The van der Waals surface area contributed by atoms with Crippen LogP contribution in [0.25, 0.3) is 22.4 Å². The minimum Gasteiger partial charge on any atom is -0.378 e. The molecule has 0 saturated carbocycles. The number of nitrogens with zero attached hydrogens (tertiary/aromatic N) is 8. The van der Waals surface area contributed by atoms with Crippen LogP contribution in [0, 0.1) is 6.92 Å². The number of hydrogen-bond donors (Lipinski definition) is 0. The van der Waals surface area contributed by atoms with Gasteiger partial charge in [-0.2, -0.15) is 0 Å². The van der Waals surface area contributed by atoms with Gasteiger partial charge in [-0.1, -0.05) is 29.0 Å². The van der Waals surface area contributed by atoms with Crippen LogP contribution in [0.15, 0.2) is 42.7 Å². The first-order chi connectivity index (χ1) is 16.0. The zero-order chi connectivity index (χ0) is 22.8. The van der Waals surface area contributed by atoms with Crippen molar-refractivity contribution in [2.45, 2.75) is 20.0 Å². The van der Waals surface area contributed by atoms with Crippen LogP contribution in [0.3, 0.4) is 0 Å². The predicted molar refractivity (Wildman–Crippen MR) is 127 cm³/mol. The minimum absolute atomic E-state index is 0.583. The van der Waals surface area contributed by atoms with E-state index in [1.165, 1.54) is 5.56 Å². The highest BCUT2D eigenvalue weighted by Crippen LogP contribution is 2.28. The van der Waals surface area contributed by atoms with Crippen LogP contribution in [0.5, 0.6) is 0 Å². The molecule has 0 spiro atoms. The van der Waals surface area contributed by atoms with Crippen molar-refractivity contribution in [2.75, 3.05) is 45.3 Å². The summed E-state index contributed by atoms with van der Waals surface area (Å²) in [6, 6.07) is 10.4. The molecule has 4 aromatic rings. The molecule has 9 heteroatoms. The molecule has 5 rings (SSSR count). The average molecular weight is 445 g/mol. The van der Waals surface area contributed by atoms with Crippen LogP contribution in [-0.2, 0) is 17.8 Å². The van der Waals surface area contributed by atoms with Gasteiger partial charge in [-0.15, -0.1) is 5.10 Å². The third-order valence-corrected chi connectivity index (χ3v) is 5.57. The van der Waals surface area contributed by atoms with Gasteiger partial charge in [0.2, 0.25) is 0 Å². The van der Waals surface area contributed by atoms with E-state index in [1.807, 2.05) is 37.2 Å². The lowest BCUT2D eigenvalue weighted by molar-refractivity contribution is 0.122. The Labute approximate surface area is 193 Å². The average Bonchev–Trinajstić information content (AvgIpc) is 3.24. The predicted octanol–water partition coefficient (Wildman–Crippen LogP) is 2.54. The van der Waals surface area contributed by atoms with Crippen LogP contribution in [0.1, 0.15) is 16.8 Å². The third-order valence-electron chi connectivity index (χ3n) is 5.57. The highest BCUT2D eigenvalue weighted by atomic mass is 16.5. The Morgan fingerprint density at radius 2 is 1.94 bits per heavy atom. The Hall–Kier alpha value is -3.43. The summed E-state index contributed by atoms with van der Waals surface area (Å²) in [5.74, 6) is 1.57. The number of anilines is 1. The van der Waals surface area contributed by atoms with E-state index in [9.17, 15) is 0 Å². The number of ether oxygens (including phenoxy) is 1. The molecule has 0 amide bonds. The summed E-state index contributed by atoms with van der Waals surface area (Å²) < 4.78 is 7.39. The van der Waals surface area contributed by atoms with Gasteiger partial charge in [0, 0.05) is 31.4 Å². The van der Waals surface area contributed by atoms with Crippen molar-refractivity contribution in [3.63, 3.8) is 0 Å². The van der Waals surface area contributed by atoms with E-state index in [2.05, 4.69) is 51.3 Å². The van der Waals surface area contributed by atoms with Crippen LogP contribution in [0.4, 0.5) is 5.82 Å². The van der Waals surface area contributed by atoms with Crippen molar-refractivity contribution in [3.05, 3.63) is 59.5 Å². The lowest BCUT2D eigenvalue weighted by atomic mass is 10.1. The van der Waals surface area contributed by atoms with Crippen LogP contribution in [0.2, 0.25) is 0 Å². The normalized spacial score (nSPS) is 14.4. The van der Waals surface area contributed by atoms with Crippen LogP contribution >= 0.6 is 0 Å². The number of aromatic nitrogens is 6. The molecule has 0 N–H and O–H groups in total. The summed E-state index contributed by atoms with van der Waals surface area (Å²) >= 11 is 0. The first-order valence-electron chi connectivity index (χ1n) is 11.2. The summed E-state index contributed by atoms with van der Waals surface area (Å²) in [5.41, 5.74) is 5.77. The summed E-state index contributed by atoms with van der Waals surface area (Å²) in [5, 5.41) is 8.53. The highest BCUT2D eigenvalue weighted by molar-refractivity contribution is 5.88. The van der Waals surface area contributed by atoms with E-state index in [-0.39, 0.29) is 0 Å². The van der Waals surface area contributed by atoms with Crippen LogP contribution in [-0.4, -0.2) is 75.2 Å². The molecule has 0 aliphatic carbocycles. The lowest BCUT2D eigenvalue weighted by Crippen LogP contribution is -2.37. The molecule has 0 unspecified atom stereocenters. The van der Waals surface area contributed by atoms with E-state index in [0.29, 0.717) is 25.6 Å². The summed E-state index contributed by atoms with van der Waals surface area (Å²) in [4.78, 5) is 18.9. The van der Waals surface area contributed by atoms with Crippen molar-refractivity contribution in [1.82, 2.24) is 34.8 Å². The smallest absolute Gasteiger partial charge is 0.162 e.